The van der Waals surface area contributed by atoms with Gasteiger partial charge in [-0.1, -0.05) is 151 Å². The molecular weight excluding hydrogens is 388 g/mol. The molecule has 0 fully saturated rings. The van der Waals surface area contributed by atoms with Gasteiger partial charge in [0.15, 0.2) is 5.78 Å². The van der Waals surface area contributed by atoms with Crippen LogP contribution in [0.15, 0.2) is 66.2 Å². The first-order valence-electron chi connectivity index (χ1n) is 13.2. The molecule has 0 aromatic heterocycles. The maximum absolute atomic E-state index is 13.0. The van der Waals surface area contributed by atoms with Crippen molar-refractivity contribution < 1.29 is 4.79 Å². The molecule has 1 nitrogen and oxygen atoms in total. The van der Waals surface area contributed by atoms with Crippen LogP contribution in [0.2, 0.25) is 0 Å². The van der Waals surface area contributed by atoms with Crippen molar-refractivity contribution in [3.8, 4) is 0 Å². The lowest BCUT2D eigenvalue weighted by Gasteiger charge is -2.08. The molecule has 0 aliphatic rings. The minimum atomic E-state index is 0.171. The van der Waals surface area contributed by atoms with Crippen LogP contribution in [0.1, 0.15) is 119 Å². The summed E-state index contributed by atoms with van der Waals surface area (Å²) in [6.07, 6.45) is 21.9. The SMILES string of the molecule is CCCCCCCCCCCCCCCCC(=Cc1ccccc1)C(=O)c1ccccc1. The van der Waals surface area contributed by atoms with E-state index in [-0.39, 0.29) is 5.78 Å². The third-order valence-corrected chi connectivity index (χ3v) is 6.27. The summed E-state index contributed by atoms with van der Waals surface area (Å²) in [5.74, 6) is 0.171. The molecule has 0 aliphatic carbocycles. The molecule has 174 valence electrons. The van der Waals surface area contributed by atoms with Crippen molar-refractivity contribution in [3.05, 3.63) is 77.4 Å². The van der Waals surface area contributed by atoms with Gasteiger partial charge in [-0.25, -0.2) is 0 Å². The molecule has 0 bridgehead atoms. The predicted molar refractivity (Wildman–Crippen MR) is 140 cm³/mol. The lowest BCUT2D eigenvalue weighted by molar-refractivity contribution is 0.103. The van der Waals surface area contributed by atoms with Gasteiger partial charge in [0.1, 0.15) is 0 Å². The fourth-order valence-corrected chi connectivity index (χ4v) is 4.29. The number of allylic oxidation sites excluding steroid dienone is 1. The Morgan fingerprint density at radius 1 is 0.594 bits per heavy atom. The van der Waals surface area contributed by atoms with Crippen LogP contribution in [-0.2, 0) is 0 Å². The van der Waals surface area contributed by atoms with Gasteiger partial charge in [-0.05, 0) is 24.5 Å². The highest BCUT2D eigenvalue weighted by Gasteiger charge is 2.12. The molecular formula is C31H44O. The number of carbonyl (C=O) groups is 1. The van der Waals surface area contributed by atoms with E-state index >= 15 is 0 Å². The van der Waals surface area contributed by atoms with Crippen LogP contribution >= 0.6 is 0 Å². The van der Waals surface area contributed by atoms with E-state index in [1.165, 1.54) is 83.5 Å². The molecule has 32 heavy (non-hydrogen) atoms. The Bertz CT molecular complexity index is 745. The van der Waals surface area contributed by atoms with E-state index in [0.29, 0.717) is 0 Å². The van der Waals surface area contributed by atoms with Gasteiger partial charge in [0, 0.05) is 11.1 Å². The highest BCUT2D eigenvalue weighted by molar-refractivity contribution is 6.11. The summed E-state index contributed by atoms with van der Waals surface area (Å²) in [6.45, 7) is 2.28. The molecule has 0 heterocycles. The second-order valence-corrected chi connectivity index (χ2v) is 9.12. The Kier molecular flexibility index (Phi) is 14.2. The minimum absolute atomic E-state index is 0.171. The summed E-state index contributed by atoms with van der Waals surface area (Å²) >= 11 is 0. The molecule has 0 unspecified atom stereocenters. The smallest absolute Gasteiger partial charge is 0.189 e. The van der Waals surface area contributed by atoms with E-state index in [1.807, 2.05) is 48.5 Å². The number of rotatable bonds is 18. The Labute approximate surface area is 197 Å². The Balaban J connectivity index is 1.63. The molecule has 0 saturated heterocycles. The standard InChI is InChI=1S/C31H44O/c1-2-3-4-5-6-7-8-9-10-11-12-13-14-19-26-30(27-28-22-17-15-18-23-28)31(32)29-24-20-16-21-25-29/h15-18,20-25,27H,2-14,19,26H2,1H3. The van der Waals surface area contributed by atoms with Crippen LogP contribution in [0, 0.1) is 0 Å². The van der Waals surface area contributed by atoms with Crippen LogP contribution in [-0.4, -0.2) is 5.78 Å². The maximum Gasteiger partial charge on any atom is 0.189 e. The third kappa shape index (κ3) is 11.5. The monoisotopic (exact) mass is 432 g/mol. The number of benzene rings is 2. The average molecular weight is 433 g/mol. The minimum Gasteiger partial charge on any atom is -0.289 e. The summed E-state index contributed by atoms with van der Waals surface area (Å²) in [5.41, 5.74) is 2.83. The fourth-order valence-electron chi connectivity index (χ4n) is 4.29. The zero-order valence-electron chi connectivity index (χ0n) is 20.4. The van der Waals surface area contributed by atoms with E-state index in [9.17, 15) is 4.79 Å². The fraction of sp³-hybridized carbons (Fsp3) is 0.516. The average Bonchev–Trinajstić information content (AvgIpc) is 2.84. The van der Waals surface area contributed by atoms with Gasteiger partial charge in [0.2, 0.25) is 0 Å². The van der Waals surface area contributed by atoms with E-state index in [2.05, 4.69) is 25.1 Å². The van der Waals surface area contributed by atoms with Gasteiger partial charge < -0.3 is 0 Å². The summed E-state index contributed by atoms with van der Waals surface area (Å²) in [6, 6.07) is 19.9. The number of ketones is 1. The van der Waals surface area contributed by atoms with Crippen molar-refractivity contribution in [2.45, 2.75) is 103 Å². The maximum atomic E-state index is 13.0. The van der Waals surface area contributed by atoms with Gasteiger partial charge in [0.25, 0.3) is 0 Å². The zero-order valence-corrected chi connectivity index (χ0v) is 20.4. The van der Waals surface area contributed by atoms with E-state index in [4.69, 9.17) is 0 Å². The molecule has 0 atom stereocenters. The van der Waals surface area contributed by atoms with Crippen molar-refractivity contribution in [1.29, 1.82) is 0 Å². The topological polar surface area (TPSA) is 17.1 Å². The molecule has 2 aromatic carbocycles. The number of Topliss-reactive ketones (excluding diaryl/α,β-unsaturated/α-hetero) is 1. The van der Waals surface area contributed by atoms with E-state index in [1.54, 1.807) is 0 Å². The summed E-state index contributed by atoms with van der Waals surface area (Å²) in [4.78, 5) is 13.0. The van der Waals surface area contributed by atoms with Gasteiger partial charge in [-0.2, -0.15) is 0 Å². The third-order valence-electron chi connectivity index (χ3n) is 6.27. The van der Waals surface area contributed by atoms with Crippen LogP contribution in [0.4, 0.5) is 0 Å². The lowest BCUT2D eigenvalue weighted by atomic mass is 9.95. The number of carbonyl (C=O) groups excluding carboxylic acids is 1. The first-order chi connectivity index (χ1) is 15.8. The summed E-state index contributed by atoms with van der Waals surface area (Å²) < 4.78 is 0. The molecule has 0 amide bonds. The molecule has 0 aliphatic heterocycles. The quantitative estimate of drug-likeness (QED) is 0.130. The van der Waals surface area contributed by atoms with E-state index in [0.717, 1.165) is 29.5 Å². The van der Waals surface area contributed by atoms with Crippen LogP contribution in [0.25, 0.3) is 6.08 Å². The molecule has 0 spiro atoms. The Morgan fingerprint density at radius 2 is 1.03 bits per heavy atom. The molecule has 2 aromatic rings. The van der Waals surface area contributed by atoms with Gasteiger partial charge in [-0.3, -0.25) is 4.79 Å². The summed E-state index contributed by atoms with van der Waals surface area (Å²) in [7, 11) is 0. The Hall–Kier alpha value is -2.15. The number of hydrogen-bond acceptors (Lipinski definition) is 1. The van der Waals surface area contributed by atoms with Crippen LogP contribution < -0.4 is 0 Å². The van der Waals surface area contributed by atoms with E-state index < -0.39 is 0 Å². The second-order valence-electron chi connectivity index (χ2n) is 9.12. The van der Waals surface area contributed by atoms with Gasteiger partial charge >= 0.3 is 0 Å². The number of hydrogen-bond donors (Lipinski definition) is 0. The molecule has 0 saturated carbocycles. The molecule has 0 N–H and O–H groups in total. The van der Waals surface area contributed by atoms with Gasteiger partial charge in [-0.15, -0.1) is 0 Å². The summed E-state index contributed by atoms with van der Waals surface area (Å²) in [5, 5.41) is 0. The first kappa shape index (κ1) is 26.1. The van der Waals surface area contributed by atoms with Crippen molar-refractivity contribution in [2.75, 3.05) is 0 Å². The molecule has 2 rings (SSSR count). The zero-order chi connectivity index (χ0) is 22.7. The highest BCUT2D eigenvalue weighted by atomic mass is 16.1. The van der Waals surface area contributed by atoms with Gasteiger partial charge in [0.05, 0.1) is 0 Å². The predicted octanol–water partition coefficient (Wildman–Crippen LogP) is 9.82. The highest BCUT2D eigenvalue weighted by Crippen LogP contribution is 2.20. The normalized spacial score (nSPS) is 11.6. The van der Waals surface area contributed by atoms with Crippen molar-refractivity contribution in [2.24, 2.45) is 0 Å². The van der Waals surface area contributed by atoms with Crippen LogP contribution in [0.3, 0.4) is 0 Å². The van der Waals surface area contributed by atoms with Crippen LogP contribution in [0.5, 0.6) is 0 Å². The van der Waals surface area contributed by atoms with Crippen molar-refractivity contribution in [1.82, 2.24) is 0 Å². The lowest BCUT2D eigenvalue weighted by Crippen LogP contribution is -2.03. The Morgan fingerprint density at radius 3 is 1.53 bits per heavy atom. The second kappa shape index (κ2) is 17.4. The van der Waals surface area contributed by atoms with Crippen molar-refractivity contribution >= 4 is 11.9 Å². The molecule has 1 heteroatoms. The first-order valence-corrected chi connectivity index (χ1v) is 13.2. The largest absolute Gasteiger partial charge is 0.289 e. The van der Waals surface area contributed by atoms with Crippen molar-refractivity contribution in [3.63, 3.8) is 0 Å². The molecule has 0 radical (unpaired) electrons. The number of unbranched alkanes of at least 4 members (excludes halogenated alkanes) is 13.